The number of phenols is 1. The highest BCUT2D eigenvalue weighted by Gasteiger charge is 2.23. The summed E-state index contributed by atoms with van der Waals surface area (Å²) in [6.07, 6.45) is 1.22. The van der Waals surface area contributed by atoms with E-state index < -0.39 is 21.4 Å². The lowest BCUT2D eigenvalue weighted by atomic mass is 10.1. The summed E-state index contributed by atoms with van der Waals surface area (Å²) in [6.45, 7) is 2.93. The topological polar surface area (TPSA) is 120 Å². The lowest BCUT2D eigenvalue weighted by molar-refractivity contribution is 0.0997. The number of carbonyl (C=O) groups is 1. The third kappa shape index (κ3) is 4.82. The predicted molar refractivity (Wildman–Crippen MR) is 120 cm³/mol. The normalized spacial score (nSPS) is 15.7. The standard InChI is InChI=1S/C22H23N3O6S/c1-32(29,30)25-11-9-24(10-12-25)14-15-5-7-16(8-6-15)23-22(28)20-13-18(27)21-17(26)3-2-4-19(21)31-20/h2-8,13,26H,9-12,14H2,1H3,(H,23,28). The van der Waals surface area contributed by atoms with Gasteiger partial charge in [-0.15, -0.1) is 0 Å². The molecule has 4 rings (SSSR count). The molecule has 10 heteroatoms. The lowest BCUT2D eigenvalue weighted by Gasteiger charge is -2.33. The molecule has 1 amide bonds. The summed E-state index contributed by atoms with van der Waals surface area (Å²) in [6, 6.07) is 12.8. The van der Waals surface area contributed by atoms with Gasteiger partial charge in [-0.05, 0) is 29.8 Å². The monoisotopic (exact) mass is 457 g/mol. The molecule has 32 heavy (non-hydrogen) atoms. The highest BCUT2D eigenvalue weighted by molar-refractivity contribution is 7.88. The van der Waals surface area contributed by atoms with Gasteiger partial charge in [-0.3, -0.25) is 14.5 Å². The molecule has 0 unspecified atom stereocenters. The van der Waals surface area contributed by atoms with Gasteiger partial charge in [0, 0.05) is 44.5 Å². The van der Waals surface area contributed by atoms with Crippen molar-refractivity contribution in [3.8, 4) is 5.75 Å². The third-order valence-corrected chi connectivity index (χ3v) is 6.68. The maximum atomic E-state index is 12.5. The van der Waals surface area contributed by atoms with E-state index in [2.05, 4.69) is 10.2 Å². The van der Waals surface area contributed by atoms with Crippen LogP contribution in [0.25, 0.3) is 11.0 Å². The molecular formula is C22H23N3O6S. The number of rotatable bonds is 5. The summed E-state index contributed by atoms with van der Waals surface area (Å²) in [5, 5.41) is 12.5. The van der Waals surface area contributed by atoms with Gasteiger partial charge in [0.2, 0.25) is 10.0 Å². The van der Waals surface area contributed by atoms with Crippen molar-refractivity contribution in [1.82, 2.24) is 9.21 Å². The van der Waals surface area contributed by atoms with E-state index >= 15 is 0 Å². The van der Waals surface area contributed by atoms with Gasteiger partial charge in [0.05, 0.1) is 6.26 Å². The molecule has 2 heterocycles. The zero-order chi connectivity index (χ0) is 22.9. The van der Waals surface area contributed by atoms with Crippen LogP contribution in [0, 0.1) is 0 Å². The minimum absolute atomic E-state index is 0.0331. The molecule has 2 N–H and O–H groups in total. The van der Waals surface area contributed by atoms with Crippen LogP contribution in [0.15, 0.2) is 57.7 Å². The molecule has 0 radical (unpaired) electrons. The van der Waals surface area contributed by atoms with Crippen molar-refractivity contribution in [3.05, 3.63) is 70.1 Å². The van der Waals surface area contributed by atoms with Crippen LogP contribution in [-0.2, 0) is 16.6 Å². The fraction of sp³-hybridized carbons (Fsp3) is 0.273. The quantitative estimate of drug-likeness (QED) is 0.600. The number of hydrogen-bond donors (Lipinski definition) is 2. The molecule has 3 aromatic rings. The molecule has 168 valence electrons. The Hall–Kier alpha value is -3.21. The molecule has 1 fully saturated rings. The van der Waals surface area contributed by atoms with Crippen LogP contribution in [0.3, 0.4) is 0 Å². The number of sulfonamides is 1. The Morgan fingerprint density at radius 3 is 2.44 bits per heavy atom. The minimum Gasteiger partial charge on any atom is -0.507 e. The highest BCUT2D eigenvalue weighted by atomic mass is 32.2. The van der Waals surface area contributed by atoms with Gasteiger partial charge in [-0.1, -0.05) is 18.2 Å². The number of nitrogens with zero attached hydrogens (tertiary/aromatic N) is 2. The fourth-order valence-electron chi connectivity index (χ4n) is 3.67. The smallest absolute Gasteiger partial charge is 0.291 e. The van der Waals surface area contributed by atoms with Crippen LogP contribution >= 0.6 is 0 Å². The van der Waals surface area contributed by atoms with Gasteiger partial charge in [0.15, 0.2) is 11.2 Å². The molecule has 1 aliphatic heterocycles. The Bertz CT molecular complexity index is 1310. The van der Waals surface area contributed by atoms with E-state index in [9.17, 15) is 23.1 Å². The second-order valence-electron chi connectivity index (χ2n) is 7.71. The molecule has 1 aromatic heterocycles. The maximum absolute atomic E-state index is 12.5. The number of benzene rings is 2. The van der Waals surface area contributed by atoms with E-state index in [4.69, 9.17) is 4.42 Å². The Morgan fingerprint density at radius 2 is 1.78 bits per heavy atom. The second kappa shape index (κ2) is 8.73. The summed E-state index contributed by atoms with van der Waals surface area (Å²) in [5.74, 6) is -0.922. The van der Waals surface area contributed by atoms with Crippen LogP contribution in [0.1, 0.15) is 16.1 Å². The van der Waals surface area contributed by atoms with Crippen LogP contribution in [0.2, 0.25) is 0 Å². The number of aromatic hydroxyl groups is 1. The van der Waals surface area contributed by atoms with Gasteiger partial charge in [-0.25, -0.2) is 8.42 Å². The highest BCUT2D eigenvalue weighted by Crippen LogP contribution is 2.22. The molecule has 1 aliphatic rings. The Kier molecular flexibility index (Phi) is 6.00. The number of piperazine rings is 1. The minimum atomic E-state index is -3.15. The predicted octanol–water partition coefficient (Wildman–Crippen LogP) is 1.83. The third-order valence-electron chi connectivity index (χ3n) is 5.37. The number of hydrogen-bond acceptors (Lipinski definition) is 7. The average molecular weight is 458 g/mol. The largest absolute Gasteiger partial charge is 0.507 e. The Balaban J connectivity index is 1.39. The van der Waals surface area contributed by atoms with Gasteiger partial charge in [-0.2, -0.15) is 4.31 Å². The van der Waals surface area contributed by atoms with Crippen LogP contribution < -0.4 is 10.7 Å². The van der Waals surface area contributed by atoms with E-state index in [0.29, 0.717) is 38.4 Å². The van der Waals surface area contributed by atoms with Crippen molar-refractivity contribution in [2.24, 2.45) is 0 Å². The first kappa shape index (κ1) is 22.0. The number of phenolic OH excluding ortho intramolecular Hbond substituents is 1. The van der Waals surface area contributed by atoms with Crippen molar-refractivity contribution in [1.29, 1.82) is 0 Å². The van der Waals surface area contributed by atoms with E-state index in [-0.39, 0.29) is 22.5 Å². The summed E-state index contributed by atoms with van der Waals surface area (Å²) in [5.41, 5.74) is 1.21. The first-order chi connectivity index (χ1) is 15.2. The van der Waals surface area contributed by atoms with Crippen molar-refractivity contribution >= 4 is 32.6 Å². The van der Waals surface area contributed by atoms with E-state index in [1.54, 1.807) is 12.1 Å². The van der Waals surface area contributed by atoms with E-state index in [0.717, 1.165) is 11.6 Å². The van der Waals surface area contributed by atoms with Crippen LogP contribution in [-0.4, -0.2) is 61.1 Å². The van der Waals surface area contributed by atoms with Gasteiger partial charge in [0.1, 0.15) is 16.7 Å². The molecule has 0 saturated carbocycles. The first-order valence-corrected chi connectivity index (χ1v) is 11.9. The number of fused-ring (bicyclic) bond motifs is 1. The maximum Gasteiger partial charge on any atom is 0.291 e. The molecule has 0 spiro atoms. The second-order valence-corrected chi connectivity index (χ2v) is 9.70. The number of amides is 1. The van der Waals surface area contributed by atoms with E-state index in [1.807, 2.05) is 12.1 Å². The summed E-state index contributed by atoms with van der Waals surface area (Å²) in [4.78, 5) is 27.0. The Morgan fingerprint density at radius 1 is 1.09 bits per heavy atom. The van der Waals surface area contributed by atoms with Crippen molar-refractivity contribution < 1.29 is 22.7 Å². The summed E-state index contributed by atoms with van der Waals surface area (Å²) in [7, 11) is -3.15. The van der Waals surface area contributed by atoms with Gasteiger partial charge < -0.3 is 14.8 Å². The average Bonchev–Trinajstić information content (AvgIpc) is 2.74. The molecule has 9 nitrogen and oxygen atoms in total. The zero-order valence-electron chi connectivity index (χ0n) is 17.4. The number of anilines is 1. The van der Waals surface area contributed by atoms with Crippen molar-refractivity contribution in [2.75, 3.05) is 37.8 Å². The van der Waals surface area contributed by atoms with E-state index in [1.165, 1.54) is 28.8 Å². The van der Waals surface area contributed by atoms with Crippen molar-refractivity contribution in [3.63, 3.8) is 0 Å². The molecular weight excluding hydrogens is 434 g/mol. The summed E-state index contributed by atoms with van der Waals surface area (Å²) >= 11 is 0. The molecule has 0 aliphatic carbocycles. The molecule has 2 aromatic carbocycles. The SMILES string of the molecule is CS(=O)(=O)N1CCN(Cc2ccc(NC(=O)c3cc(=O)c4c(O)cccc4o3)cc2)CC1. The van der Waals surface area contributed by atoms with Crippen LogP contribution in [0.4, 0.5) is 5.69 Å². The van der Waals surface area contributed by atoms with Crippen LogP contribution in [0.5, 0.6) is 5.75 Å². The number of carbonyl (C=O) groups excluding carboxylic acids is 1. The zero-order valence-corrected chi connectivity index (χ0v) is 18.3. The molecule has 1 saturated heterocycles. The summed E-state index contributed by atoms with van der Waals surface area (Å²) < 4.78 is 30.2. The van der Waals surface area contributed by atoms with Gasteiger partial charge >= 0.3 is 0 Å². The lowest BCUT2D eigenvalue weighted by Crippen LogP contribution is -2.47. The molecule has 0 bridgehead atoms. The Labute approximate surface area is 184 Å². The van der Waals surface area contributed by atoms with Gasteiger partial charge in [0.25, 0.3) is 5.91 Å². The molecule has 0 atom stereocenters. The number of nitrogens with one attached hydrogen (secondary N) is 1. The van der Waals surface area contributed by atoms with Crippen molar-refractivity contribution in [2.45, 2.75) is 6.54 Å². The fourth-order valence-corrected chi connectivity index (χ4v) is 4.49. The first-order valence-electron chi connectivity index (χ1n) is 10.0.